The first-order valence-corrected chi connectivity index (χ1v) is 7.08. The molecule has 7 nitrogen and oxygen atoms in total. The first-order valence-electron chi connectivity index (χ1n) is 7.08. The van der Waals surface area contributed by atoms with Crippen LogP contribution >= 0.6 is 0 Å². The summed E-state index contributed by atoms with van der Waals surface area (Å²) in [6.07, 6.45) is 0.156. The van der Waals surface area contributed by atoms with Crippen LogP contribution in [0.15, 0.2) is 42.5 Å². The maximum Gasteiger partial charge on any atom is 0.328 e. The minimum Gasteiger partial charge on any atom is -0.508 e. The van der Waals surface area contributed by atoms with Crippen LogP contribution in [-0.2, 0) is 16.0 Å². The number of amides is 1. The predicted octanol–water partition coefficient (Wildman–Crippen LogP) is 1.32. The Bertz CT molecular complexity index is 721. The number of carbonyl (C=O) groups is 2. The summed E-state index contributed by atoms with van der Waals surface area (Å²) in [6.45, 7) is 0. The van der Waals surface area contributed by atoms with Gasteiger partial charge in [-0.2, -0.15) is 0 Å². The number of hydrogen-bond donors (Lipinski definition) is 4. The summed E-state index contributed by atoms with van der Waals surface area (Å²) in [6, 6.07) is 8.66. The van der Waals surface area contributed by atoms with Crippen molar-refractivity contribution in [3.8, 4) is 17.2 Å². The van der Waals surface area contributed by atoms with Crippen molar-refractivity contribution in [2.24, 2.45) is 0 Å². The quantitative estimate of drug-likeness (QED) is 0.614. The number of carbonyl (C=O) groups excluding carboxylic acids is 2. The molecule has 126 valence electrons. The Hall–Kier alpha value is -3.22. The molecule has 0 spiro atoms. The van der Waals surface area contributed by atoms with E-state index in [1.165, 1.54) is 31.4 Å². The number of ether oxygens (including phenoxy) is 1. The molecule has 0 aromatic heterocycles. The van der Waals surface area contributed by atoms with E-state index in [2.05, 4.69) is 5.32 Å². The Labute approximate surface area is 138 Å². The molecule has 24 heavy (non-hydrogen) atoms. The van der Waals surface area contributed by atoms with E-state index in [0.717, 1.165) is 6.07 Å². The van der Waals surface area contributed by atoms with Crippen LogP contribution in [0.3, 0.4) is 0 Å². The molecule has 4 N–H and O–H groups in total. The second-order valence-corrected chi connectivity index (χ2v) is 5.16. The number of benzene rings is 2. The van der Waals surface area contributed by atoms with Crippen molar-refractivity contribution in [2.75, 3.05) is 7.11 Å². The van der Waals surface area contributed by atoms with E-state index in [9.17, 15) is 24.9 Å². The number of esters is 1. The third-order valence-electron chi connectivity index (χ3n) is 3.33. The van der Waals surface area contributed by atoms with Gasteiger partial charge in [-0.3, -0.25) is 4.79 Å². The number of aromatic hydroxyl groups is 3. The molecule has 0 radical (unpaired) electrons. The Morgan fingerprint density at radius 2 is 1.58 bits per heavy atom. The van der Waals surface area contributed by atoms with Gasteiger partial charge < -0.3 is 25.4 Å². The number of phenols is 3. The molecular weight excluding hydrogens is 314 g/mol. The van der Waals surface area contributed by atoms with Gasteiger partial charge in [0.05, 0.1) is 7.11 Å². The highest BCUT2D eigenvalue weighted by Crippen LogP contribution is 2.20. The molecule has 0 saturated heterocycles. The average molecular weight is 331 g/mol. The Morgan fingerprint density at radius 3 is 2.12 bits per heavy atom. The summed E-state index contributed by atoms with van der Waals surface area (Å²) in [5.41, 5.74) is 0.717. The van der Waals surface area contributed by atoms with E-state index < -0.39 is 17.9 Å². The highest BCUT2D eigenvalue weighted by molar-refractivity contribution is 5.97. The van der Waals surface area contributed by atoms with Gasteiger partial charge in [-0.05, 0) is 29.8 Å². The Balaban J connectivity index is 2.17. The maximum atomic E-state index is 12.2. The minimum atomic E-state index is -0.962. The van der Waals surface area contributed by atoms with E-state index in [1.54, 1.807) is 12.1 Å². The monoisotopic (exact) mass is 331 g/mol. The summed E-state index contributed by atoms with van der Waals surface area (Å²) in [5.74, 6) is -1.73. The van der Waals surface area contributed by atoms with Crippen LogP contribution in [0.5, 0.6) is 17.2 Å². The van der Waals surface area contributed by atoms with Crippen molar-refractivity contribution in [1.29, 1.82) is 0 Å². The molecule has 0 unspecified atom stereocenters. The molecular formula is C17H17NO6. The lowest BCUT2D eigenvalue weighted by Gasteiger charge is -2.17. The average Bonchev–Trinajstić information content (AvgIpc) is 2.54. The second-order valence-electron chi connectivity index (χ2n) is 5.16. The molecule has 0 heterocycles. The summed E-state index contributed by atoms with van der Waals surface area (Å²) >= 11 is 0. The zero-order valence-corrected chi connectivity index (χ0v) is 12.9. The zero-order chi connectivity index (χ0) is 17.7. The summed E-state index contributed by atoms with van der Waals surface area (Å²) in [4.78, 5) is 24.1. The number of nitrogens with one attached hydrogen (secondary N) is 1. The summed E-state index contributed by atoms with van der Waals surface area (Å²) < 4.78 is 4.69. The third kappa shape index (κ3) is 4.39. The van der Waals surface area contributed by atoms with Crippen molar-refractivity contribution in [3.63, 3.8) is 0 Å². The van der Waals surface area contributed by atoms with Gasteiger partial charge in [0.1, 0.15) is 23.3 Å². The van der Waals surface area contributed by atoms with Crippen LogP contribution in [0.1, 0.15) is 15.9 Å². The SMILES string of the molecule is COC(=O)[C@H](Cc1ccc(O)cc1)NC(=O)c1cc(O)cc(O)c1. The van der Waals surface area contributed by atoms with Gasteiger partial charge in [0.2, 0.25) is 0 Å². The van der Waals surface area contributed by atoms with E-state index in [-0.39, 0.29) is 29.2 Å². The van der Waals surface area contributed by atoms with Crippen LogP contribution in [-0.4, -0.2) is 40.3 Å². The number of methoxy groups -OCH3 is 1. The minimum absolute atomic E-state index is 0.00658. The summed E-state index contributed by atoms with van der Waals surface area (Å²) in [5, 5.41) is 30.7. The lowest BCUT2D eigenvalue weighted by molar-refractivity contribution is -0.142. The largest absolute Gasteiger partial charge is 0.508 e. The molecule has 2 aromatic rings. The van der Waals surface area contributed by atoms with E-state index in [1.807, 2.05) is 0 Å². The van der Waals surface area contributed by atoms with Gasteiger partial charge in [0.25, 0.3) is 5.91 Å². The third-order valence-corrected chi connectivity index (χ3v) is 3.33. The van der Waals surface area contributed by atoms with Crippen molar-refractivity contribution >= 4 is 11.9 Å². The predicted molar refractivity (Wildman–Crippen MR) is 84.9 cm³/mol. The van der Waals surface area contributed by atoms with Crippen LogP contribution in [0.2, 0.25) is 0 Å². The molecule has 0 aliphatic rings. The van der Waals surface area contributed by atoms with Gasteiger partial charge >= 0.3 is 5.97 Å². The molecule has 2 rings (SSSR count). The van der Waals surface area contributed by atoms with Crippen molar-refractivity contribution in [2.45, 2.75) is 12.5 Å². The lowest BCUT2D eigenvalue weighted by atomic mass is 10.0. The molecule has 2 aromatic carbocycles. The van der Waals surface area contributed by atoms with Crippen LogP contribution in [0, 0.1) is 0 Å². The fraction of sp³-hybridized carbons (Fsp3) is 0.176. The van der Waals surface area contributed by atoms with Gasteiger partial charge in [0, 0.05) is 18.1 Å². The fourth-order valence-electron chi connectivity index (χ4n) is 2.17. The molecule has 7 heteroatoms. The van der Waals surface area contributed by atoms with E-state index in [4.69, 9.17) is 4.74 Å². The second kappa shape index (κ2) is 7.36. The number of hydrogen-bond acceptors (Lipinski definition) is 6. The Kier molecular flexibility index (Phi) is 5.26. The van der Waals surface area contributed by atoms with Crippen LogP contribution in [0.25, 0.3) is 0 Å². The molecule has 0 fully saturated rings. The van der Waals surface area contributed by atoms with Gasteiger partial charge in [-0.15, -0.1) is 0 Å². The van der Waals surface area contributed by atoms with E-state index in [0.29, 0.717) is 5.56 Å². The smallest absolute Gasteiger partial charge is 0.328 e. The van der Waals surface area contributed by atoms with Crippen molar-refractivity contribution in [3.05, 3.63) is 53.6 Å². The molecule has 0 saturated carbocycles. The Morgan fingerprint density at radius 1 is 1.00 bits per heavy atom. The van der Waals surface area contributed by atoms with Crippen molar-refractivity contribution < 1.29 is 29.6 Å². The fourth-order valence-corrected chi connectivity index (χ4v) is 2.17. The molecule has 1 amide bonds. The van der Waals surface area contributed by atoms with Crippen LogP contribution < -0.4 is 5.32 Å². The number of rotatable bonds is 5. The molecule has 0 aliphatic heterocycles. The normalized spacial score (nSPS) is 11.5. The standard InChI is InChI=1S/C17H17NO6/c1-24-17(23)15(6-10-2-4-12(19)5-3-10)18-16(22)11-7-13(20)9-14(21)8-11/h2-5,7-9,15,19-21H,6H2,1H3,(H,18,22)/t15-/m0/s1. The summed E-state index contributed by atoms with van der Waals surface area (Å²) in [7, 11) is 1.21. The first kappa shape index (κ1) is 17.1. The first-order chi connectivity index (χ1) is 11.4. The highest BCUT2D eigenvalue weighted by atomic mass is 16.5. The molecule has 0 aliphatic carbocycles. The maximum absolute atomic E-state index is 12.2. The molecule has 0 bridgehead atoms. The molecule has 1 atom stereocenters. The van der Waals surface area contributed by atoms with Gasteiger partial charge in [-0.25, -0.2) is 4.79 Å². The zero-order valence-electron chi connectivity index (χ0n) is 12.9. The van der Waals surface area contributed by atoms with Crippen LogP contribution in [0.4, 0.5) is 0 Å². The lowest BCUT2D eigenvalue weighted by Crippen LogP contribution is -2.43. The van der Waals surface area contributed by atoms with Gasteiger partial charge in [-0.1, -0.05) is 12.1 Å². The number of phenolic OH excluding ortho intramolecular Hbond substituents is 3. The topological polar surface area (TPSA) is 116 Å². The van der Waals surface area contributed by atoms with E-state index >= 15 is 0 Å². The van der Waals surface area contributed by atoms with Crippen molar-refractivity contribution in [1.82, 2.24) is 5.32 Å². The van der Waals surface area contributed by atoms with Gasteiger partial charge in [0.15, 0.2) is 0 Å². The highest BCUT2D eigenvalue weighted by Gasteiger charge is 2.23.